The first-order chi connectivity index (χ1) is 16.1. The van der Waals surface area contributed by atoms with E-state index in [0.29, 0.717) is 10.8 Å². The van der Waals surface area contributed by atoms with Gasteiger partial charge in [0.15, 0.2) is 0 Å². The molecule has 0 atom stereocenters. The third-order valence-corrected chi connectivity index (χ3v) is 6.59. The maximum atomic E-state index is 13.1. The first kappa shape index (κ1) is 23.8. The molecule has 1 aromatic carbocycles. The third kappa shape index (κ3) is 5.60. The van der Waals surface area contributed by atoms with Crippen molar-refractivity contribution in [2.75, 3.05) is 51.3 Å². The zero-order chi connectivity index (χ0) is 23.2. The van der Waals surface area contributed by atoms with Crippen LogP contribution in [0.4, 0.5) is 5.82 Å². The topological polar surface area (TPSA) is 55.0 Å². The Morgan fingerprint density at radius 2 is 1.79 bits per heavy atom. The van der Waals surface area contributed by atoms with Crippen LogP contribution in [0.1, 0.15) is 32.6 Å². The normalized spacial score (nSPS) is 14.9. The lowest BCUT2D eigenvalue weighted by Gasteiger charge is -2.37. The maximum Gasteiger partial charge on any atom is 0.261 e. The Labute approximate surface area is 200 Å². The Kier molecular flexibility index (Phi) is 8.06. The number of methoxy groups -OCH3 is 1. The molecular formula is C25H34ClN5O2. The number of rotatable bonds is 10. The van der Waals surface area contributed by atoms with Crippen LogP contribution in [0.15, 0.2) is 41.3 Å². The summed E-state index contributed by atoms with van der Waals surface area (Å²) in [6.45, 7) is 8.68. The van der Waals surface area contributed by atoms with Crippen LogP contribution in [0.5, 0.6) is 0 Å². The minimum Gasteiger partial charge on any atom is -0.385 e. The fourth-order valence-electron chi connectivity index (χ4n) is 4.47. The molecule has 1 aliphatic rings. The minimum atomic E-state index is -0.0398. The van der Waals surface area contributed by atoms with E-state index in [1.54, 1.807) is 17.6 Å². The van der Waals surface area contributed by atoms with Crippen molar-refractivity contribution >= 4 is 23.2 Å². The molecule has 2 aromatic heterocycles. The number of nitrogens with zero attached hydrogens (tertiary/aromatic N) is 5. The summed E-state index contributed by atoms with van der Waals surface area (Å²) in [4.78, 5) is 22.8. The molecule has 33 heavy (non-hydrogen) atoms. The van der Waals surface area contributed by atoms with E-state index < -0.39 is 0 Å². The van der Waals surface area contributed by atoms with E-state index >= 15 is 0 Å². The summed E-state index contributed by atoms with van der Waals surface area (Å²) in [6, 6.07) is 9.38. The van der Waals surface area contributed by atoms with Gasteiger partial charge < -0.3 is 9.64 Å². The molecule has 7 nitrogen and oxygen atoms in total. The number of aryl methyl sites for hydroxylation is 1. The molecule has 1 saturated heterocycles. The predicted octanol–water partition coefficient (Wildman–Crippen LogP) is 4.17. The molecule has 0 saturated carbocycles. The average molecular weight is 472 g/mol. The van der Waals surface area contributed by atoms with Gasteiger partial charge in [0, 0.05) is 75.8 Å². The Morgan fingerprint density at radius 1 is 1.03 bits per heavy atom. The molecule has 0 spiro atoms. The van der Waals surface area contributed by atoms with Crippen LogP contribution in [0, 0.1) is 0 Å². The predicted molar refractivity (Wildman–Crippen MR) is 135 cm³/mol. The van der Waals surface area contributed by atoms with Crippen LogP contribution < -0.4 is 10.5 Å². The fraction of sp³-hybridized carbons (Fsp3) is 0.520. The monoisotopic (exact) mass is 471 g/mol. The van der Waals surface area contributed by atoms with Crippen molar-refractivity contribution < 1.29 is 4.74 Å². The van der Waals surface area contributed by atoms with E-state index in [2.05, 4.69) is 21.3 Å². The van der Waals surface area contributed by atoms with Gasteiger partial charge in [-0.3, -0.25) is 18.7 Å². The van der Waals surface area contributed by atoms with Gasteiger partial charge in [-0.05, 0) is 25.0 Å². The highest BCUT2D eigenvalue weighted by molar-refractivity contribution is 6.30. The second-order valence-electron chi connectivity index (χ2n) is 8.68. The van der Waals surface area contributed by atoms with E-state index in [4.69, 9.17) is 21.3 Å². The van der Waals surface area contributed by atoms with Crippen molar-refractivity contribution in [2.45, 2.75) is 39.2 Å². The van der Waals surface area contributed by atoms with Gasteiger partial charge in [0.25, 0.3) is 5.56 Å². The highest BCUT2D eigenvalue weighted by atomic mass is 35.5. The highest BCUT2D eigenvalue weighted by Crippen LogP contribution is 2.24. The van der Waals surface area contributed by atoms with E-state index in [1.807, 2.05) is 30.5 Å². The third-order valence-electron chi connectivity index (χ3n) is 6.34. The van der Waals surface area contributed by atoms with Gasteiger partial charge >= 0.3 is 0 Å². The molecular weight excluding hydrogens is 438 g/mol. The van der Waals surface area contributed by atoms with Gasteiger partial charge in [0.05, 0.1) is 5.69 Å². The largest absolute Gasteiger partial charge is 0.385 e. The lowest BCUT2D eigenvalue weighted by molar-refractivity contribution is 0.168. The molecule has 3 heterocycles. The number of hydrogen-bond acceptors (Lipinski definition) is 5. The number of hydrogen-bond donors (Lipinski definition) is 0. The van der Waals surface area contributed by atoms with Crippen LogP contribution in [0.3, 0.4) is 0 Å². The number of imidazole rings is 1. The van der Waals surface area contributed by atoms with Gasteiger partial charge in [-0.15, -0.1) is 0 Å². The van der Waals surface area contributed by atoms with Crippen molar-refractivity contribution in [3.8, 4) is 11.3 Å². The zero-order valence-electron chi connectivity index (χ0n) is 19.7. The van der Waals surface area contributed by atoms with Crippen LogP contribution in [-0.4, -0.2) is 65.3 Å². The number of benzene rings is 1. The molecule has 0 aliphatic carbocycles. The summed E-state index contributed by atoms with van der Waals surface area (Å²) in [5, 5.41) is 0.685. The lowest BCUT2D eigenvalue weighted by Crippen LogP contribution is -2.48. The molecule has 0 N–H and O–H groups in total. The highest BCUT2D eigenvalue weighted by Gasteiger charge is 2.22. The SMILES string of the molecule is CCCCCn1c(N2CCN(CCCOC)CC2)cc(=O)n2cc(-c3ccc(Cl)cc3)nc12. The number of unbranched alkanes of at least 4 members (excludes halogenated alkanes) is 2. The van der Waals surface area contributed by atoms with Crippen molar-refractivity contribution in [3.05, 3.63) is 51.9 Å². The van der Waals surface area contributed by atoms with Crippen LogP contribution >= 0.6 is 11.6 Å². The van der Waals surface area contributed by atoms with Gasteiger partial charge in [0.1, 0.15) is 5.82 Å². The number of aromatic nitrogens is 3. The molecule has 0 bridgehead atoms. The van der Waals surface area contributed by atoms with E-state index in [-0.39, 0.29) is 5.56 Å². The second kappa shape index (κ2) is 11.2. The van der Waals surface area contributed by atoms with Gasteiger partial charge in [-0.25, -0.2) is 4.98 Å². The molecule has 178 valence electrons. The minimum absolute atomic E-state index is 0.0398. The van der Waals surface area contributed by atoms with Crippen molar-refractivity contribution in [3.63, 3.8) is 0 Å². The molecule has 3 aromatic rings. The number of anilines is 1. The van der Waals surface area contributed by atoms with Crippen molar-refractivity contribution in [2.24, 2.45) is 0 Å². The van der Waals surface area contributed by atoms with Crippen molar-refractivity contribution in [1.82, 2.24) is 18.9 Å². The van der Waals surface area contributed by atoms with Crippen LogP contribution in [0.2, 0.25) is 5.02 Å². The first-order valence-electron chi connectivity index (χ1n) is 12.0. The van der Waals surface area contributed by atoms with E-state index in [9.17, 15) is 4.79 Å². The van der Waals surface area contributed by atoms with Gasteiger partial charge in [-0.1, -0.05) is 43.5 Å². The number of ether oxygens (including phenoxy) is 1. The van der Waals surface area contributed by atoms with Crippen molar-refractivity contribution in [1.29, 1.82) is 0 Å². The summed E-state index contributed by atoms with van der Waals surface area (Å²) >= 11 is 6.06. The Hall–Kier alpha value is -2.35. The molecule has 1 fully saturated rings. The molecule has 0 radical (unpaired) electrons. The summed E-state index contributed by atoms with van der Waals surface area (Å²) in [5.74, 6) is 1.69. The van der Waals surface area contributed by atoms with Crippen LogP contribution in [-0.2, 0) is 11.3 Å². The second-order valence-corrected chi connectivity index (χ2v) is 9.11. The van der Waals surface area contributed by atoms with Gasteiger partial charge in [-0.2, -0.15) is 0 Å². The zero-order valence-corrected chi connectivity index (χ0v) is 20.4. The van der Waals surface area contributed by atoms with E-state index in [0.717, 1.165) is 88.6 Å². The maximum absolute atomic E-state index is 13.1. The molecule has 8 heteroatoms. The molecule has 0 unspecified atom stereocenters. The Balaban J connectivity index is 1.65. The molecule has 4 rings (SSSR count). The average Bonchev–Trinajstić information content (AvgIpc) is 3.28. The Morgan fingerprint density at radius 3 is 2.48 bits per heavy atom. The summed E-state index contributed by atoms with van der Waals surface area (Å²) in [5.41, 5.74) is 1.70. The quantitative estimate of drug-likeness (QED) is 0.415. The molecule has 1 aliphatic heterocycles. The van der Waals surface area contributed by atoms with E-state index in [1.165, 1.54) is 0 Å². The van der Waals surface area contributed by atoms with Crippen LogP contribution in [0.25, 0.3) is 17.0 Å². The summed E-state index contributed by atoms with van der Waals surface area (Å²) in [7, 11) is 1.75. The summed E-state index contributed by atoms with van der Waals surface area (Å²) in [6.07, 6.45) is 6.24. The van der Waals surface area contributed by atoms with Gasteiger partial charge in [0.2, 0.25) is 5.78 Å². The molecule has 0 amide bonds. The smallest absolute Gasteiger partial charge is 0.261 e. The number of fused-ring (bicyclic) bond motifs is 1. The number of piperazine rings is 1. The summed E-state index contributed by atoms with van der Waals surface area (Å²) < 4.78 is 9.10. The number of halogens is 1. The lowest BCUT2D eigenvalue weighted by atomic mass is 10.2. The standard InChI is InChI=1S/C25H34ClN5O2/c1-3-4-5-12-30-23(29-15-13-28(14-16-29)11-6-17-33-2)18-24(32)31-19-22(27-25(30)31)20-7-9-21(26)10-8-20/h7-10,18-19H,3-6,11-17H2,1-2H3. The first-order valence-corrected chi connectivity index (χ1v) is 12.3. The fourth-order valence-corrected chi connectivity index (χ4v) is 4.60. The Bertz CT molecular complexity index is 1100.